The van der Waals surface area contributed by atoms with Gasteiger partial charge in [-0.2, -0.15) is 0 Å². The van der Waals surface area contributed by atoms with Crippen LogP contribution in [-0.2, 0) is 16.4 Å². The Kier molecular flexibility index (Phi) is 4.03. The monoisotopic (exact) mass is 261 g/mol. The van der Waals surface area contributed by atoms with Gasteiger partial charge in [0.25, 0.3) is 0 Å². The van der Waals surface area contributed by atoms with Crippen LogP contribution in [-0.4, -0.2) is 34.0 Å². The maximum absolute atomic E-state index is 11.6. The van der Waals surface area contributed by atoms with E-state index < -0.39 is 9.84 Å². The average Bonchev–Trinajstić information content (AvgIpc) is 2.62. The highest BCUT2D eigenvalue weighted by molar-refractivity contribution is 7.91. The smallest absolute Gasteiger partial charge is 0.167 e. The minimum Gasteiger partial charge on any atom is -0.387 e. The van der Waals surface area contributed by atoms with E-state index in [4.69, 9.17) is 18.0 Å². The van der Waals surface area contributed by atoms with Crippen LogP contribution in [0.2, 0.25) is 0 Å². The molecule has 5 nitrogen and oxygen atoms in total. The first-order chi connectivity index (χ1) is 7.34. The fourth-order valence-electron chi connectivity index (χ4n) is 1.18. The molecule has 0 atom stereocenters. The van der Waals surface area contributed by atoms with E-state index in [9.17, 15) is 8.42 Å². The number of rotatable bonds is 5. The average molecular weight is 261 g/mol. The van der Waals surface area contributed by atoms with Crippen LogP contribution >= 0.6 is 12.2 Å². The van der Waals surface area contributed by atoms with Gasteiger partial charge in [0.1, 0.15) is 4.99 Å². The molecule has 90 valence electrons. The van der Waals surface area contributed by atoms with E-state index in [-0.39, 0.29) is 16.0 Å². The van der Waals surface area contributed by atoms with Crippen LogP contribution in [0, 0.1) is 0 Å². The fourth-order valence-corrected chi connectivity index (χ4v) is 2.27. The zero-order valence-corrected chi connectivity index (χ0v) is 10.9. The van der Waals surface area contributed by atoms with Crippen LogP contribution in [0.25, 0.3) is 0 Å². The van der Waals surface area contributed by atoms with Crippen LogP contribution in [0.15, 0.2) is 12.4 Å². The summed E-state index contributed by atoms with van der Waals surface area (Å²) in [6, 6.07) is 0. The number of aryl methyl sites for hydroxylation is 1. The second-order valence-corrected chi connectivity index (χ2v) is 6.84. The van der Waals surface area contributed by atoms with Crippen molar-refractivity contribution in [2.45, 2.75) is 25.6 Å². The molecular formula is C9H15N3O2S2. The lowest BCUT2D eigenvalue weighted by Gasteiger charge is -2.09. The summed E-state index contributed by atoms with van der Waals surface area (Å²) in [5, 5.41) is -0.371. The van der Waals surface area contributed by atoms with Crippen molar-refractivity contribution in [3.8, 4) is 0 Å². The number of sulfone groups is 1. The predicted molar refractivity (Wildman–Crippen MR) is 67.0 cm³/mol. The van der Waals surface area contributed by atoms with E-state index in [0.717, 1.165) is 0 Å². The Morgan fingerprint density at radius 2 is 2.25 bits per heavy atom. The molecule has 1 aromatic heterocycles. The van der Waals surface area contributed by atoms with E-state index in [0.29, 0.717) is 12.4 Å². The highest BCUT2D eigenvalue weighted by atomic mass is 32.2. The maximum Gasteiger partial charge on any atom is 0.167 e. The quantitative estimate of drug-likeness (QED) is 0.773. The molecule has 0 aliphatic rings. The number of nitrogens with zero attached hydrogens (tertiary/aromatic N) is 2. The van der Waals surface area contributed by atoms with Crippen LogP contribution in [0.5, 0.6) is 0 Å². The molecule has 0 saturated heterocycles. The van der Waals surface area contributed by atoms with E-state index in [2.05, 4.69) is 4.98 Å². The van der Waals surface area contributed by atoms with Gasteiger partial charge in [0.05, 0.1) is 11.0 Å². The van der Waals surface area contributed by atoms with Gasteiger partial charge in [0.2, 0.25) is 0 Å². The summed E-state index contributed by atoms with van der Waals surface area (Å²) < 4.78 is 24.9. The summed E-state index contributed by atoms with van der Waals surface area (Å²) in [6.07, 6.45) is 3.22. The van der Waals surface area contributed by atoms with E-state index in [1.165, 1.54) is 0 Å². The Hall–Kier alpha value is -0.950. The summed E-state index contributed by atoms with van der Waals surface area (Å²) in [4.78, 5) is 4.14. The Labute approximate surface area is 101 Å². The number of thiocarbonyl (C=S) groups is 1. The molecule has 0 spiro atoms. The first kappa shape index (κ1) is 13.1. The molecule has 0 radical (unpaired) electrons. The molecule has 0 amide bonds. The number of imidazole rings is 1. The number of nitrogens with two attached hydrogens (primary N) is 1. The van der Waals surface area contributed by atoms with E-state index in [1.54, 1.807) is 30.8 Å². The maximum atomic E-state index is 11.6. The Balaban J connectivity index is 2.76. The van der Waals surface area contributed by atoms with Crippen molar-refractivity contribution in [2.24, 2.45) is 5.73 Å². The fraction of sp³-hybridized carbons (Fsp3) is 0.556. The molecule has 1 rings (SSSR count). The van der Waals surface area contributed by atoms with Crippen LogP contribution < -0.4 is 5.73 Å². The summed E-state index contributed by atoms with van der Waals surface area (Å²) >= 11 is 4.81. The van der Waals surface area contributed by atoms with Crippen molar-refractivity contribution in [3.63, 3.8) is 0 Å². The third-order valence-electron chi connectivity index (χ3n) is 2.27. The molecule has 0 fully saturated rings. The first-order valence-electron chi connectivity index (χ1n) is 4.87. The van der Waals surface area contributed by atoms with Crippen molar-refractivity contribution in [1.82, 2.24) is 9.55 Å². The molecule has 0 saturated carbocycles. The molecule has 0 bridgehead atoms. The number of hydrogen-bond acceptors (Lipinski definition) is 4. The third kappa shape index (κ3) is 3.02. The van der Waals surface area contributed by atoms with Gasteiger partial charge in [-0.1, -0.05) is 12.2 Å². The van der Waals surface area contributed by atoms with Gasteiger partial charge < -0.3 is 10.3 Å². The SMILES string of the molecule is CC(C)S(=O)(=O)CCn1ccnc1C(N)=S. The van der Waals surface area contributed by atoms with E-state index >= 15 is 0 Å². The number of aromatic nitrogens is 2. The molecule has 7 heteroatoms. The first-order valence-corrected chi connectivity index (χ1v) is 6.99. The zero-order chi connectivity index (χ0) is 12.3. The highest BCUT2D eigenvalue weighted by Crippen LogP contribution is 2.04. The molecule has 0 aliphatic heterocycles. The Morgan fingerprint density at radius 3 is 2.75 bits per heavy atom. The van der Waals surface area contributed by atoms with Gasteiger partial charge in [-0.3, -0.25) is 0 Å². The summed E-state index contributed by atoms with van der Waals surface area (Å²) in [5.74, 6) is 0.519. The number of hydrogen-bond donors (Lipinski definition) is 1. The lowest BCUT2D eigenvalue weighted by atomic mass is 10.5. The van der Waals surface area contributed by atoms with Crippen molar-refractivity contribution in [2.75, 3.05) is 5.75 Å². The minimum atomic E-state index is -3.05. The predicted octanol–water partition coefficient (Wildman–Crippen LogP) is 0.341. The van der Waals surface area contributed by atoms with Gasteiger partial charge in [-0.15, -0.1) is 0 Å². The third-order valence-corrected chi connectivity index (χ3v) is 4.64. The molecule has 16 heavy (non-hydrogen) atoms. The largest absolute Gasteiger partial charge is 0.387 e. The molecule has 0 aromatic carbocycles. The van der Waals surface area contributed by atoms with Crippen LogP contribution in [0.3, 0.4) is 0 Å². The van der Waals surface area contributed by atoms with Crippen LogP contribution in [0.1, 0.15) is 19.7 Å². The molecule has 0 unspecified atom stereocenters. The topological polar surface area (TPSA) is 78.0 Å². The van der Waals surface area contributed by atoms with Gasteiger partial charge in [-0.05, 0) is 13.8 Å². The van der Waals surface area contributed by atoms with Crippen molar-refractivity contribution in [1.29, 1.82) is 0 Å². The van der Waals surface area contributed by atoms with Gasteiger partial charge in [-0.25, -0.2) is 13.4 Å². The summed E-state index contributed by atoms with van der Waals surface area (Å²) in [7, 11) is -3.05. The van der Waals surface area contributed by atoms with Gasteiger partial charge >= 0.3 is 0 Å². The van der Waals surface area contributed by atoms with Crippen molar-refractivity contribution < 1.29 is 8.42 Å². The van der Waals surface area contributed by atoms with Crippen molar-refractivity contribution in [3.05, 3.63) is 18.2 Å². The van der Waals surface area contributed by atoms with Gasteiger partial charge in [0.15, 0.2) is 15.7 Å². The Morgan fingerprint density at radius 1 is 1.62 bits per heavy atom. The van der Waals surface area contributed by atoms with Crippen LogP contribution in [0.4, 0.5) is 0 Å². The lowest BCUT2D eigenvalue weighted by molar-refractivity contribution is 0.580. The standard InChI is InChI=1S/C9H15N3O2S2/c1-7(2)16(13,14)6-5-12-4-3-11-9(12)8(10)15/h3-4,7H,5-6H2,1-2H3,(H2,10,15). The second-order valence-electron chi connectivity index (χ2n) is 3.72. The summed E-state index contributed by atoms with van der Waals surface area (Å²) in [5.41, 5.74) is 5.46. The Bertz CT molecular complexity index is 477. The highest BCUT2D eigenvalue weighted by Gasteiger charge is 2.16. The lowest BCUT2D eigenvalue weighted by Crippen LogP contribution is -2.23. The normalized spacial score (nSPS) is 11.9. The molecule has 2 N–H and O–H groups in total. The second kappa shape index (κ2) is 4.92. The molecule has 1 aromatic rings. The van der Waals surface area contributed by atoms with Crippen molar-refractivity contribution >= 4 is 27.0 Å². The van der Waals surface area contributed by atoms with E-state index in [1.807, 2.05) is 0 Å². The summed E-state index contributed by atoms with van der Waals surface area (Å²) in [6.45, 7) is 3.66. The molecule has 1 heterocycles. The van der Waals surface area contributed by atoms with Gasteiger partial charge in [0, 0.05) is 18.9 Å². The zero-order valence-electron chi connectivity index (χ0n) is 9.25. The molecular weight excluding hydrogens is 246 g/mol. The molecule has 0 aliphatic carbocycles. The minimum absolute atomic E-state index is 0.0661.